The molecule has 2 heterocycles. The quantitative estimate of drug-likeness (QED) is 0.840. The van der Waals surface area contributed by atoms with Crippen molar-refractivity contribution < 1.29 is 14.6 Å². The second-order valence-electron chi connectivity index (χ2n) is 4.93. The van der Waals surface area contributed by atoms with E-state index in [2.05, 4.69) is 25.9 Å². The van der Waals surface area contributed by atoms with Crippen LogP contribution in [0.15, 0.2) is 35.1 Å². The van der Waals surface area contributed by atoms with Crippen molar-refractivity contribution in [3.63, 3.8) is 0 Å². The van der Waals surface area contributed by atoms with Crippen molar-refractivity contribution in [1.29, 1.82) is 0 Å². The normalized spacial score (nSPS) is 14.0. The first kappa shape index (κ1) is 14.0. The summed E-state index contributed by atoms with van der Waals surface area (Å²) in [5, 5.41) is 9.54. The van der Waals surface area contributed by atoms with Crippen LogP contribution in [-0.2, 0) is 0 Å². The number of pyridine rings is 2. The summed E-state index contributed by atoms with van der Waals surface area (Å²) in [5.74, 6) is 0.299. The first-order valence-corrected chi connectivity index (χ1v) is 7.39. The van der Waals surface area contributed by atoms with Gasteiger partial charge in [0.1, 0.15) is 0 Å². The van der Waals surface area contributed by atoms with Gasteiger partial charge in [-0.3, -0.25) is 9.78 Å². The third-order valence-electron chi connectivity index (χ3n) is 3.26. The van der Waals surface area contributed by atoms with Gasteiger partial charge in [-0.05, 0) is 40.9 Å². The van der Waals surface area contributed by atoms with Crippen LogP contribution in [-0.4, -0.2) is 27.5 Å². The van der Waals surface area contributed by atoms with Crippen molar-refractivity contribution in [2.45, 2.75) is 18.8 Å². The maximum atomic E-state index is 12.0. The summed E-state index contributed by atoms with van der Waals surface area (Å²) in [4.78, 5) is 20.1. The number of carbonyl (C=O) groups is 1. The molecule has 0 unspecified atom stereocenters. The molecule has 1 aliphatic carbocycles. The highest BCUT2D eigenvalue weighted by Gasteiger charge is 2.24. The fourth-order valence-electron chi connectivity index (χ4n) is 1.94. The van der Waals surface area contributed by atoms with E-state index in [9.17, 15) is 9.90 Å². The largest absolute Gasteiger partial charge is 0.491 e. The Morgan fingerprint density at radius 1 is 1.33 bits per heavy atom. The van der Waals surface area contributed by atoms with Crippen LogP contribution in [0.5, 0.6) is 11.6 Å². The SMILES string of the molecule is O=C(COc1cc(Br)cnc1O)c1ccc(C2CC2)nc1. The van der Waals surface area contributed by atoms with E-state index < -0.39 is 0 Å². The van der Waals surface area contributed by atoms with Crippen LogP contribution in [0.2, 0.25) is 0 Å². The van der Waals surface area contributed by atoms with E-state index in [1.165, 1.54) is 19.0 Å². The van der Waals surface area contributed by atoms with E-state index in [0.717, 1.165) is 5.69 Å². The molecule has 0 saturated heterocycles. The lowest BCUT2D eigenvalue weighted by molar-refractivity contribution is 0.0919. The monoisotopic (exact) mass is 348 g/mol. The minimum atomic E-state index is -0.242. The Kier molecular flexibility index (Phi) is 3.88. The van der Waals surface area contributed by atoms with Gasteiger partial charge in [-0.25, -0.2) is 4.98 Å². The molecular formula is C15H13BrN2O3. The van der Waals surface area contributed by atoms with Crippen molar-refractivity contribution in [3.05, 3.63) is 46.3 Å². The second-order valence-corrected chi connectivity index (χ2v) is 5.85. The smallest absolute Gasteiger partial charge is 0.254 e. The van der Waals surface area contributed by atoms with Crippen LogP contribution in [0.3, 0.4) is 0 Å². The van der Waals surface area contributed by atoms with Gasteiger partial charge in [0.2, 0.25) is 5.78 Å². The van der Waals surface area contributed by atoms with Gasteiger partial charge in [0.05, 0.1) is 0 Å². The molecule has 2 aromatic heterocycles. The van der Waals surface area contributed by atoms with Gasteiger partial charge < -0.3 is 9.84 Å². The van der Waals surface area contributed by atoms with E-state index in [0.29, 0.717) is 16.0 Å². The van der Waals surface area contributed by atoms with Crippen LogP contribution in [0.25, 0.3) is 0 Å². The molecule has 1 N–H and O–H groups in total. The third kappa shape index (κ3) is 3.39. The molecule has 0 aliphatic heterocycles. The molecule has 0 aromatic carbocycles. The molecule has 1 aliphatic rings. The van der Waals surface area contributed by atoms with Crippen molar-refractivity contribution in [3.8, 4) is 11.6 Å². The summed E-state index contributed by atoms with van der Waals surface area (Å²) >= 11 is 3.23. The van der Waals surface area contributed by atoms with E-state index in [4.69, 9.17) is 4.74 Å². The molecule has 108 valence electrons. The Balaban J connectivity index is 1.64. The summed E-state index contributed by atoms with van der Waals surface area (Å²) in [6.07, 6.45) is 5.39. The van der Waals surface area contributed by atoms with Gasteiger partial charge in [-0.15, -0.1) is 0 Å². The van der Waals surface area contributed by atoms with E-state index >= 15 is 0 Å². The minimum absolute atomic E-state index is 0.167. The molecule has 0 bridgehead atoms. The maximum absolute atomic E-state index is 12.0. The predicted octanol–water partition coefficient (Wildman–Crippen LogP) is 3.08. The minimum Gasteiger partial charge on any atom is -0.491 e. The molecule has 1 saturated carbocycles. The van der Waals surface area contributed by atoms with Crippen LogP contribution in [0.4, 0.5) is 0 Å². The number of ether oxygens (including phenoxy) is 1. The van der Waals surface area contributed by atoms with E-state index in [1.807, 2.05) is 6.07 Å². The number of aromatic hydroxyl groups is 1. The molecule has 0 amide bonds. The summed E-state index contributed by atoms with van der Waals surface area (Å²) < 4.78 is 5.97. The molecule has 5 nitrogen and oxygen atoms in total. The zero-order valence-electron chi connectivity index (χ0n) is 11.1. The number of hydrogen-bond acceptors (Lipinski definition) is 5. The summed E-state index contributed by atoms with van der Waals surface area (Å²) in [6, 6.07) is 5.22. The van der Waals surface area contributed by atoms with Gasteiger partial charge in [0.25, 0.3) is 5.88 Å². The van der Waals surface area contributed by atoms with E-state index in [-0.39, 0.29) is 24.0 Å². The zero-order valence-corrected chi connectivity index (χ0v) is 12.7. The molecule has 0 spiro atoms. The zero-order chi connectivity index (χ0) is 14.8. The Bertz CT molecular complexity index is 669. The fourth-order valence-corrected chi connectivity index (χ4v) is 2.25. The first-order valence-electron chi connectivity index (χ1n) is 6.60. The second kappa shape index (κ2) is 5.81. The Morgan fingerprint density at radius 3 is 2.81 bits per heavy atom. The molecule has 6 heteroatoms. The standard InChI is InChI=1S/C15H13BrN2O3/c16-11-5-14(15(20)18-7-11)21-8-13(19)10-3-4-12(17-6-10)9-1-2-9/h3-7,9H,1-2,8H2,(H,18,20). The summed E-state index contributed by atoms with van der Waals surface area (Å²) in [7, 11) is 0. The van der Waals surface area contributed by atoms with Crippen LogP contribution < -0.4 is 4.74 Å². The highest BCUT2D eigenvalue weighted by atomic mass is 79.9. The lowest BCUT2D eigenvalue weighted by Gasteiger charge is -2.07. The van der Waals surface area contributed by atoms with Gasteiger partial charge >= 0.3 is 0 Å². The number of ketones is 1. The highest BCUT2D eigenvalue weighted by molar-refractivity contribution is 9.10. The highest BCUT2D eigenvalue weighted by Crippen LogP contribution is 2.38. The third-order valence-corrected chi connectivity index (χ3v) is 3.70. The molecule has 0 atom stereocenters. The number of aromatic nitrogens is 2. The molecule has 21 heavy (non-hydrogen) atoms. The Hall–Kier alpha value is -1.95. The molecule has 2 aromatic rings. The van der Waals surface area contributed by atoms with Gasteiger partial charge in [0, 0.05) is 40.1 Å². The van der Waals surface area contributed by atoms with Gasteiger partial charge in [-0.1, -0.05) is 0 Å². The predicted molar refractivity (Wildman–Crippen MR) is 79.6 cm³/mol. The van der Waals surface area contributed by atoms with Gasteiger partial charge in [-0.2, -0.15) is 0 Å². The number of nitrogens with zero attached hydrogens (tertiary/aromatic N) is 2. The summed E-state index contributed by atoms with van der Waals surface area (Å²) in [5.41, 5.74) is 1.54. The first-order chi connectivity index (χ1) is 10.1. The number of halogens is 1. The van der Waals surface area contributed by atoms with Crippen LogP contribution in [0.1, 0.15) is 34.8 Å². The van der Waals surface area contributed by atoms with Crippen molar-refractivity contribution in [2.24, 2.45) is 0 Å². The lowest BCUT2D eigenvalue weighted by atomic mass is 10.1. The van der Waals surface area contributed by atoms with E-state index in [1.54, 1.807) is 18.3 Å². The average Bonchev–Trinajstić information content (AvgIpc) is 3.33. The van der Waals surface area contributed by atoms with Gasteiger partial charge in [0.15, 0.2) is 12.4 Å². The number of Topliss-reactive ketones (excluding diaryl/α,β-unsaturated/α-hetero) is 1. The lowest BCUT2D eigenvalue weighted by Crippen LogP contribution is -2.12. The molecule has 3 rings (SSSR count). The fraction of sp³-hybridized carbons (Fsp3) is 0.267. The molecule has 0 radical (unpaired) electrons. The molecule has 1 fully saturated rings. The van der Waals surface area contributed by atoms with Crippen molar-refractivity contribution in [1.82, 2.24) is 9.97 Å². The average molecular weight is 349 g/mol. The van der Waals surface area contributed by atoms with Crippen LogP contribution in [0, 0.1) is 0 Å². The van der Waals surface area contributed by atoms with Crippen LogP contribution >= 0.6 is 15.9 Å². The van der Waals surface area contributed by atoms with Crippen molar-refractivity contribution in [2.75, 3.05) is 6.61 Å². The Labute approximate surface area is 130 Å². The number of carbonyl (C=O) groups excluding carboxylic acids is 1. The molecular weight excluding hydrogens is 336 g/mol. The van der Waals surface area contributed by atoms with Crippen molar-refractivity contribution >= 4 is 21.7 Å². The topological polar surface area (TPSA) is 72.3 Å². The summed E-state index contributed by atoms with van der Waals surface area (Å²) in [6.45, 7) is -0.170. The number of hydrogen-bond donors (Lipinski definition) is 1. The maximum Gasteiger partial charge on any atom is 0.254 e. The number of rotatable bonds is 5. The Morgan fingerprint density at radius 2 is 2.14 bits per heavy atom.